The van der Waals surface area contributed by atoms with E-state index in [1.165, 1.54) is 35.5 Å². The zero-order chi connectivity index (χ0) is 9.47. The molecule has 0 nitrogen and oxygen atoms in total. The SMILES string of the molecule is CC(C)[C]1([Hf])C=Cc2ccccc21.Cl.Cl. The number of benzene rings is 1. The van der Waals surface area contributed by atoms with Crippen LogP contribution < -0.4 is 0 Å². The van der Waals surface area contributed by atoms with Gasteiger partial charge in [-0.3, -0.25) is 0 Å². The standard InChI is InChI=1S/C12H13.2ClH.Hf/c1-9(2)11-8-7-10-5-3-4-6-12(10)11;;;/h3-9H,1-2H3;2*1H;. The van der Waals surface area contributed by atoms with Crippen molar-refractivity contribution in [2.75, 3.05) is 0 Å². The molecular weight excluding hydrogens is 394 g/mol. The van der Waals surface area contributed by atoms with Crippen molar-refractivity contribution in [1.29, 1.82) is 0 Å². The van der Waals surface area contributed by atoms with Crippen LogP contribution in [0, 0.1) is 5.92 Å². The van der Waals surface area contributed by atoms with Crippen LogP contribution in [-0.4, -0.2) is 0 Å². The maximum Gasteiger partial charge on any atom is -0.147 e. The molecular formula is C12H15Cl2Hf. The monoisotopic (exact) mass is 409 g/mol. The van der Waals surface area contributed by atoms with Crippen LogP contribution in [0.15, 0.2) is 30.3 Å². The third-order valence-electron chi connectivity index (χ3n) is 2.84. The van der Waals surface area contributed by atoms with Gasteiger partial charge in [0.25, 0.3) is 0 Å². The molecule has 1 aliphatic rings. The summed E-state index contributed by atoms with van der Waals surface area (Å²) in [6.45, 7) is 4.64. The van der Waals surface area contributed by atoms with Gasteiger partial charge in [-0.25, -0.2) is 0 Å². The Kier molecular flexibility index (Phi) is 5.81. The van der Waals surface area contributed by atoms with Crippen molar-refractivity contribution in [2.24, 2.45) is 5.92 Å². The van der Waals surface area contributed by atoms with E-state index in [-0.39, 0.29) is 24.8 Å². The van der Waals surface area contributed by atoms with E-state index in [0.29, 0.717) is 3.17 Å². The van der Waals surface area contributed by atoms with Gasteiger partial charge < -0.3 is 0 Å². The van der Waals surface area contributed by atoms with E-state index in [0.717, 1.165) is 5.92 Å². The van der Waals surface area contributed by atoms with Gasteiger partial charge in [-0.1, -0.05) is 0 Å². The second-order valence-corrected chi connectivity index (χ2v) is 6.92. The zero-order valence-electron chi connectivity index (χ0n) is 8.86. The second kappa shape index (κ2) is 5.65. The molecule has 0 bridgehead atoms. The molecule has 0 saturated carbocycles. The van der Waals surface area contributed by atoms with E-state index in [4.69, 9.17) is 0 Å². The molecule has 0 amide bonds. The van der Waals surface area contributed by atoms with Crippen LogP contribution in [-0.2, 0) is 27.5 Å². The van der Waals surface area contributed by atoms with Crippen molar-refractivity contribution in [2.45, 2.75) is 17.0 Å². The Morgan fingerprint density at radius 1 is 1.13 bits per heavy atom. The van der Waals surface area contributed by atoms with Gasteiger partial charge >= 0.3 is 94.9 Å². The first kappa shape index (κ1) is 15.4. The van der Waals surface area contributed by atoms with Crippen LogP contribution in [0.3, 0.4) is 0 Å². The Balaban J connectivity index is 0.000000980. The van der Waals surface area contributed by atoms with Crippen molar-refractivity contribution in [3.8, 4) is 0 Å². The molecule has 0 aromatic heterocycles. The summed E-state index contributed by atoms with van der Waals surface area (Å²) in [7, 11) is 0. The van der Waals surface area contributed by atoms with Crippen molar-refractivity contribution in [3.63, 3.8) is 0 Å². The number of rotatable bonds is 1. The van der Waals surface area contributed by atoms with Crippen LogP contribution in [0.25, 0.3) is 6.08 Å². The van der Waals surface area contributed by atoms with Gasteiger partial charge in [0.15, 0.2) is 0 Å². The van der Waals surface area contributed by atoms with E-state index in [1.54, 1.807) is 0 Å². The molecule has 1 aliphatic carbocycles. The number of fused-ring (bicyclic) bond motifs is 1. The summed E-state index contributed by atoms with van der Waals surface area (Å²) in [5.41, 5.74) is 2.96. The molecule has 81 valence electrons. The second-order valence-electron chi connectivity index (χ2n) is 3.94. The van der Waals surface area contributed by atoms with Gasteiger partial charge in [0.05, 0.1) is 0 Å². The average molecular weight is 409 g/mol. The fraction of sp³-hybridized carbons (Fsp3) is 0.333. The van der Waals surface area contributed by atoms with E-state index < -0.39 is 0 Å². The third-order valence-corrected chi connectivity index (χ3v) is 6.48. The van der Waals surface area contributed by atoms with Crippen molar-refractivity contribution in [1.82, 2.24) is 0 Å². The van der Waals surface area contributed by atoms with Gasteiger partial charge in [-0.15, -0.1) is 24.8 Å². The maximum atomic E-state index is 2.40. The predicted molar refractivity (Wildman–Crippen MR) is 66.5 cm³/mol. The molecule has 0 aliphatic heterocycles. The minimum absolute atomic E-state index is 0. The van der Waals surface area contributed by atoms with Crippen LogP contribution in [0.1, 0.15) is 25.0 Å². The summed E-state index contributed by atoms with van der Waals surface area (Å²) in [4.78, 5) is 0. The van der Waals surface area contributed by atoms with Gasteiger partial charge in [0.1, 0.15) is 0 Å². The number of hydrogen-bond acceptors (Lipinski definition) is 0. The zero-order valence-corrected chi connectivity index (χ0v) is 14.1. The molecule has 3 heteroatoms. The van der Waals surface area contributed by atoms with Crippen molar-refractivity contribution in [3.05, 3.63) is 41.5 Å². The number of allylic oxidation sites excluding steroid dienone is 1. The molecule has 0 saturated heterocycles. The van der Waals surface area contributed by atoms with Crippen LogP contribution in [0.5, 0.6) is 0 Å². The molecule has 0 heterocycles. The van der Waals surface area contributed by atoms with Crippen molar-refractivity contribution < 1.29 is 24.4 Å². The van der Waals surface area contributed by atoms with Crippen LogP contribution in [0.2, 0.25) is 0 Å². The molecule has 1 atom stereocenters. The average Bonchev–Trinajstić information content (AvgIpc) is 2.47. The number of hydrogen-bond donors (Lipinski definition) is 0. The smallest absolute Gasteiger partial charge is 0.147 e. The molecule has 1 aromatic rings. The quantitative estimate of drug-likeness (QED) is 0.617. The first-order valence-corrected chi connectivity index (χ1v) is 6.48. The number of halogens is 2. The first-order chi connectivity index (χ1) is 6.14. The first-order valence-electron chi connectivity index (χ1n) is 4.68. The van der Waals surface area contributed by atoms with Crippen molar-refractivity contribution >= 4 is 30.9 Å². The van der Waals surface area contributed by atoms with Crippen LogP contribution in [0.4, 0.5) is 0 Å². The summed E-state index contributed by atoms with van der Waals surface area (Å²) in [5, 5.41) is 0. The molecule has 1 aromatic carbocycles. The Hall–Kier alpha value is 0.410. The largest absolute Gasteiger partial charge is 0.147 e. The van der Waals surface area contributed by atoms with E-state index in [1.807, 2.05) is 0 Å². The summed E-state index contributed by atoms with van der Waals surface area (Å²) >= 11 is 1.21. The topological polar surface area (TPSA) is 0 Å². The fourth-order valence-electron chi connectivity index (χ4n) is 1.83. The van der Waals surface area contributed by atoms with Crippen LogP contribution >= 0.6 is 24.8 Å². The fourth-order valence-corrected chi connectivity index (χ4v) is 2.95. The minimum Gasteiger partial charge on any atom is -0.147 e. The maximum absolute atomic E-state index is 2.40. The Bertz CT molecular complexity index is 360. The summed E-state index contributed by atoms with van der Waals surface area (Å²) in [5.74, 6) is 0.721. The van der Waals surface area contributed by atoms with E-state index in [9.17, 15) is 0 Å². The molecule has 0 N–H and O–H groups in total. The normalized spacial score (nSPS) is 21.7. The van der Waals surface area contributed by atoms with Gasteiger partial charge in [-0.05, 0) is 0 Å². The minimum atomic E-state index is 0. The van der Waals surface area contributed by atoms with Gasteiger partial charge in [0.2, 0.25) is 0 Å². The third kappa shape index (κ3) is 2.57. The molecule has 0 fully saturated rings. The summed E-state index contributed by atoms with van der Waals surface area (Å²) in [6.07, 6.45) is 4.68. The molecule has 15 heavy (non-hydrogen) atoms. The summed E-state index contributed by atoms with van der Waals surface area (Å²) < 4.78 is 0.386. The Morgan fingerprint density at radius 3 is 2.33 bits per heavy atom. The van der Waals surface area contributed by atoms with E-state index in [2.05, 4.69) is 50.3 Å². The molecule has 2 rings (SSSR count). The summed E-state index contributed by atoms with van der Waals surface area (Å²) in [6, 6.07) is 8.77. The Morgan fingerprint density at radius 2 is 1.73 bits per heavy atom. The van der Waals surface area contributed by atoms with Gasteiger partial charge in [-0.2, -0.15) is 0 Å². The van der Waals surface area contributed by atoms with Gasteiger partial charge in [0, 0.05) is 0 Å². The van der Waals surface area contributed by atoms with E-state index >= 15 is 0 Å². The molecule has 0 radical (unpaired) electrons. The predicted octanol–water partition coefficient (Wildman–Crippen LogP) is 3.96. The molecule has 0 spiro atoms. The molecule has 1 unspecified atom stereocenters. The Labute approximate surface area is 119 Å².